The number of azide groups is 1. The molecule has 0 bridgehead atoms. The average Bonchev–Trinajstić information content (AvgIpc) is 2.27. The van der Waals surface area contributed by atoms with Gasteiger partial charge in [0.25, 0.3) is 0 Å². The van der Waals surface area contributed by atoms with Crippen molar-refractivity contribution in [2.75, 3.05) is 13.2 Å². The molecule has 1 aromatic rings. The van der Waals surface area contributed by atoms with Gasteiger partial charge in [-0.05, 0) is 17.2 Å². The minimum atomic E-state index is -2.93. The fraction of sp³-hybridized carbons (Fsp3) is 0.500. The first-order chi connectivity index (χ1) is 8.66. The Bertz CT molecular complexity index is 473. The third kappa shape index (κ3) is 2.49. The van der Waals surface area contributed by atoms with Gasteiger partial charge < -0.3 is 9.47 Å². The first-order valence-corrected chi connectivity index (χ1v) is 5.22. The van der Waals surface area contributed by atoms with Gasteiger partial charge in [0.1, 0.15) is 5.60 Å². The maximum Gasteiger partial charge on any atom is 0.388 e. The third-order valence-electron chi connectivity index (χ3n) is 2.74. The second kappa shape index (κ2) is 5.16. The Morgan fingerprint density at radius 1 is 1.67 bits per heavy atom. The van der Waals surface area contributed by atoms with Crippen LogP contribution < -0.4 is 4.74 Å². The minimum Gasteiger partial charge on any atom is -0.417 e. The zero-order valence-corrected chi connectivity index (χ0v) is 9.29. The van der Waals surface area contributed by atoms with Crippen LogP contribution in [0.2, 0.25) is 0 Å². The van der Waals surface area contributed by atoms with Crippen molar-refractivity contribution < 1.29 is 18.3 Å². The summed E-state index contributed by atoms with van der Waals surface area (Å²) in [7, 11) is 0. The van der Waals surface area contributed by atoms with Gasteiger partial charge in [-0.3, -0.25) is 0 Å². The van der Waals surface area contributed by atoms with E-state index in [2.05, 4.69) is 19.7 Å². The Balaban J connectivity index is 2.23. The molecule has 0 N–H and O–H groups in total. The second-order valence-electron chi connectivity index (χ2n) is 3.74. The predicted octanol–water partition coefficient (Wildman–Crippen LogP) is 2.61. The predicted molar refractivity (Wildman–Crippen MR) is 57.1 cm³/mol. The summed E-state index contributed by atoms with van der Waals surface area (Å²) in [6.45, 7) is -2.28. The lowest BCUT2D eigenvalue weighted by molar-refractivity contribution is -0.147. The molecule has 0 amide bonds. The van der Waals surface area contributed by atoms with Crippen LogP contribution in [0.1, 0.15) is 12.0 Å². The topological polar surface area (TPSA) is 80.1 Å². The Morgan fingerprint density at radius 3 is 3.00 bits per heavy atom. The zero-order valence-electron chi connectivity index (χ0n) is 9.29. The first-order valence-electron chi connectivity index (χ1n) is 5.22. The molecule has 1 atom stereocenters. The monoisotopic (exact) mass is 256 g/mol. The molecule has 0 aliphatic carbocycles. The number of ether oxygens (including phenoxy) is 2. The van der Waals surface area contributed by atoms with E-state index in [9.17, 15) is 8.78 Å². The van der Waals surface area contributed by atoms with E-state index in [4.69, 9.17) is 10.3 Å². The summed E-state index contributed by atoms with van der Waals surface area (Å²) in [5.74, 6) is -0.182. The lowest BCUT2D eigenvalue weighted by Crippen LogP contribution is -2.43. The summed E-state index contributed by atoms with van der Waals surface area (Å²) in [5.41, 5.74) is 8.21. The van der Waals surface area contributed by atoms with E-state index in [1.54, 1.807) is 6.07 Å². The summed E-state index contributed by atoms with van der Waals surface area (Å²) in [5, 5.41) is 3.48. The maximum absolute atomic E-state index is 12.1. The summed E-state index contributed by atoms with van der Waals surface area (Å²) in [6.07, 6.45) is 2.01. The van der Waals surface area contributed by atoms with E-state index in [-0.39, 0.29) is 12.4 Å². The molecule has 18 heavy (non-hydrogen) atoms. The number of hydrogen-bond donors (Lipinski definition) is 0. The van der Waals surface area contributed by atoms with Crippen LogP contribution in [0, 0.1) is 0 Å². The summed E-state index contributed by atoms with van der Waals surface area (Å²) >= 11 is 0. The molecule has 1 aromatic heterocycles. The number of rotatable bonds is 5. The average molecular weight is 256 g/mol. The van der Waals surface area contributed by atoms with E-state index < -0.39 is 12.2 Å². The highest BCUT2D eigenvalue weighted by atomic mass is 19.3. The summed E-state index contributed by atoms with van der Waals surface area (Å²) in [4.78, 5) is 6.35. The number of alkyl halides is 2. The number of aromatic nitrogens is 1. The van der Waals surface area contributed by atoms with Crippen LogP contribution in [-0.4, -0.2) is 24.7 Å². The Labute approximate surface area is 101 Å². The van der Waals surface area contributed by atoms with Crippen LogP contribution in [0.5, 0.6) is 5.88 Å². The highest BCUT2D eigenvalue weighted by Crippen LogP contribution is 2.38. The fourth-order valence-electron chi connectivity index (χ4n) is 1.79. The van der Waals surface area contributed by atoms with E-state index in [1.165, 1.54) is 12.3 Å². The summed E-state index contributed by atoms with van der Waals surface area (Å²) in [6, 6.07) is 3.00. The van der Waals surface area contributed by atoms with E-state index in [0.717, 1.165) is 0 Å². The molecule has 1 fully saturated rings. The van der Waals surface area contributed by atoms with Gasteiger partial charge in [-0.1, -0.05) is 5.11 Å². The van der Waals surface area contributed by atoms with Crippen molar-refractivity contribution in [3.8, 4) is 5.88 Å². The van der Waals surface area contributed by atoms with Gasteiger partial charge in [-0.2, -0.15) is 8.78 Å². The standard InChI is InChI=1S/C10H10F2N4O2/c11-9(12)18-8-5-7(1-3-14-8)10(2-4-17-10)6-15-16-13/h1,3,5,9H,2,4,6H2. The van der Waals surface area contributed by atoms with Crippen molar-refractivity contribution in [1.82, 2.24) is 4.98 Å². The molecule has 1 aliphatic rings. The van der Waals surface area contributed by atoms with Crippen molar-refractivity contribution in [1.29, 1.82) is 0 Å². The Morgan fingerprint density at radius 2 is 2.44 bits per heavy atom. The number of pyridine rings is 1. The van der Waals surface area contributed by atoms with Gasteiger partial charge in [0.05, 0.1) is 13.2 Å². The molecule has 0 aromatic carbocycles. The zero-order chi connectivity index (χ0) is 13.0. The fourth-order valence-corrected chi connectivity index (χ4v) is 1.79. The number of halogens is 2. The molecule has 1 unspecified atom stereocenters. The van der Waals surface area contributed by atoms with Crippen LogP contribution in [0.25, 0.3) is 10.4 Å². The van der Waals surface area contributed by atoms with E-state index in [1.807, 2.05) is 0 Å². The quantitative estimate of drug-likeness (QED) is 0.461. The van der Waals surface area contributed by atoms with Crippen LogP contribution >= 0.6 is 0 Å². The van der Waals surface area contributed by atoms with Crippen molar-refractivity contribution in [3.05, 3.63) is 34.3 Å². The van der Waals surface area contributed by atoms with Crippen molar-refractivity contribution >= 4 is 0 Å². The SMILES string of the molecule is [N-]=[N+]=NCC1(c2ccnc(OC(F)F)c2)CCO1. The smallest absolute Gasteiger partial charge is 0.388 e. The molecule has 1 saturated heterocycles. The molecule has 0 radical (unpaired) electrons. The molecule has 1 aliphatic heterocycles. The van der Waals surface area contributed by atoms with Crippen LogP contribution in [0.4, 0.5) is 8.78 Å². The number of hydrogen-bond acceptors (Lipinski definition) is 4. The molecule has 2 heterocycles. The highest BCUT2D eigenvalue weighted by Gasteiger charge is 2.40. The molecular weight excluding hydrogens is 246 g/mol. The molecule has 96 valence electrons. The van der Waals surface area contributed by atoms with Crippen LogP contribution in [-0.2, 0) is 10.3 Å². The Hall–Kier alpha value is -1.92. The van der Waals surface area contributed by atoms with Gasteiger partial charge in [0.15, 0.2) is 0 Å². The molecule has 8 heteroatoms. The minimum absolute atomic E-state index is 0.113. The van der Waals surface area contributed by atoms with E-state index >= 15 is 0 Å². The van der Waals surface area contributed by atoms with Gasteiger partial charge in [-0.15, -0.1) is 0 Å². The lowest BCUT2D eigenvalue weighted by atomic mass is 9.87. The van der Waals surface area contributed by atoms with Gasteiger partial charge in [0.2, 0.25) is 5.88 Å². The molecule has 0 spiro atoms. The van der Waals surface area contributed by atoms with E-state index in [0.29, 0.717) is 18.6 Å². The number of nitrogens with zero attached hydrogens (tertiary/aromatic N) is 4. The highest BCUT2D eigenvalue weighted by molar-refractivity contribution is 5.28. The normalized spacial score (nSPS) is 22.2. The molecular formula is C10H10F2N4O2. The van der Waals surface area contributed by atoms with Gasteiger partial charge in [0, 0.05) is 23.6 Å². The van der Waals surface area contributed by atoms with Gasteiger partial charge >= 0.3 is 6.61 Å². The van der Waals surface area contributed by atoms with Gasteiger partial charge in [-0.25, -0.2) is 4.98 Å². The van der Waals surface area contributed by atoms with Crippen molar-refractivity contribution in [2.24, 2.45) is 5.11 Å². The molecule has 6 nitrogen and oxygen atoms in total. The largest absolute Gasteiger partial charge is 0.417 e. The lowest BCUT2D eigenvalue weighted by Gasteiger charge is -2.41. The second-order valence-corrected chi connectivity index (χ2v) is 3.74. The van der Waals surface area contributed by atoms with Crippen LogP contribution in [0.3, 0.4) is 0 Å². The molecule has 2 rings (SSSR count). The van der Waals surface area contributed by atoms with Crippen molar-refractivity contribution in [3.63, 3.8) is 0 Å². The Kier molecular flexibility index (Phi) is 3.59. The van der Waals surface area contributed by atoms with Crippen LogP contribution in [0.15, 0.2) is 23.4 Å². The third-order valence-corrected chi connectivity index (χ3v) is 2.74. The van der Waals surface area contributed by atoms with Crippen molar-refractivity contribution in [2.45, 2.75) is 18.6 Å². The summed E-state index contributed by atoms with van der Waals surface area (Å²) < 4.78 is 33.8. The first kappa shape index (κ1) is 12.5. The maximum atomic E-state index is 12.1. The molecule has 0 saturated carbocycles.